The van der Waals surface area contributed by atoms with Gasteiger partial charge in [0.1, 0.15) is 0 Å². The molecule has 0 aromatic carbocycles. The van der Waals surface area contributed by atoms with Crippen LogP contribution in [0.4, 0.5) is 0 Å². The van der Waals surface area contributed by atoms with Gasteiger partial charge in [-0.3, -0.25) is 0 Å². The van der Waals surface area contributed by atoms with Crippen molar-refractivity contribution >= 4 is 5.97 Å². The molecule has 0 spiro atoms. The second-order valence-electron chi connectivity index (χ2n) is 2.31. The van der Waals surface area contributed by atoms with Crippen LogP contribution in [0.1, 0.15) is 26.2 Å². The van der Waals surface area contributed by atoms with Crippen LogP contribution in [0.25, 0.3) is 4.85 Å². The number of nitrogens with zero attached hydrogens (tertiary/aromatic N) is 1. The van der Waals surface area contributed by atoms with Gasteiger partial charge in [0.2, 0.25) is 0 Å². The molecule has 0 aromatic heterocycles. The molecule has 11 heavy (non-hydrogen) atoms. The van der Waals surface area contributed by atoms with E-state index in [-0.39, 0.29) is 0 Å². The Kier molecular flexibility index (Phi) is 5.18. The van der Waals surface area contributed by atoms with E-state index in [9.17, 15) is 4.79 Å². The molecule has 3 heteroatoms. The van der Waals surface area contributed by atoms with Gasteiger partial charge < -0.3 is 9.58 Å². The lowest BCUT2D eigenvalue weighted by molar-refractivity contribution is -0.141. The Morgan fingerprint density at radius 2 is 2.36 bits per heavy atom. The zero-order chi connectivity index (χ0) is 8.69. The van der Waals surface area contributed by atoms with Crippen LogP contribution in [0.15, 0.2) is 0 Å². The Labute approximate surface area is 67.2 Å². The van der Waals surface area contributed by atoms with E-state index in [1.54, 1.807) is 0 Å². The van der Waals surface area contributed by atoms with E-state index < -0.39 is 12.0 Å². The summed E-state index contributed by atoms with van der Waals surface area (Å²) in [5.74, 6) is -0.409. The zero-order valence-electron chi connectivity index (χ0n) is 6.96. The first kappa shape index (κ1) is 9.96. The molecule has 0 unspecified atom stereocenters. The minimum absolute atomic E-state index is 0.409. The minimum Gasteiger partial charge on any atom is -0.463 e. The molecule has 0 fully saturated rings. The summed E-state index contributed by atoms with van der Waals surface area (Å²) < 4.78 is 4.45. The summed E-state index contributed by atoms with van der Waals surface area (Å²) in [6.45, 7) is 8.72. The molecule has 0 N–H and O–H groups in total. The molecule has 0 radical (unpaired) electrons. The van der Waals surface area contributed by atoms with Gasteiger partial charge in [0.05, 0.1) is 7.11 Å². The van der Waals surface area contributed by atoms with Gasteiger partial charge in [-0.1, -0.05) is 13.3 Å². The van der Waals surface area contributed by atoms with Crippen molar-refractivity contribution in [2.75, 3.05) is 7.11 Å². The third-order valence-corrected chi connectivity index (χ3v) is 1.46. The highest BCUT2D eigenvalue weighted by atomic mass is 16.5. The van der Waals surface area contributed by atoms with Gasteiger partial charge in [-0.05, 0) is 6.42 Å². The first-order valence-corrected chi connectivity index (χ1v) is 3.70. The Bertz CT molecular complexity index is 160. The Morgan fingerprint density at radius 3 is 2.73 bits per heavy atom. The fourth-order valence-electron chi connectivity index (χ4n) is 0.769. The van der Waals surface area contributed by atoms with Crippen molar-refractivity contribution in [1.82, 2.24) is 0 Å². The standard InChI is InChI=1S/C8H13NO2/c1-4-5-6-7(9-2)8(10)11-3/h7H,4-6H2,1,3H3/t7-/m0/s1. The summed E-state index contributed by atoms with van der Waals surface area (Å²) in [4.78, 5) is 14.0. The van der Waals surface area contributed by atoms with Gasteiger partial charge in [0, 0.05) is 6.42 Å². The quantitative estimate of drug-likeness (QED) is 0.456. The molecule has 1 atom stereocenters. The van der Waals surface area contributed by atoms with Crippen molar-refractivity contribution in [3.8, 4) is 0 Å². The van der Waals surface area contributed by atoms with E-state index >= 15 is 0 Å². The third kappa shape index (κ3) is 3.61. The Morgan fingerprint density at radius 1 is 1.73 bits per heavy atom. The van der Waals surface area contributed by atoms with Crippen molar-refractivity contribution in [2.45, 2.75) is 32.2 Å². The van der Waals surface area contributed by atoms with Gasteiger partial charge in [-0.2, -0.15) is 0 Å². The molecule has 0 bridgehead atoms. The van der Waals surface area contributed by atoms with Crippen LogP contribution in [0.5, 0.6) is 0 Å². The number of esters is 1. The number of methoxy groups -OCH3 is 1. The second kappa shape index (κ2) is 5.72. The maximum absolute atomic E-state index is 10.8. The van der Waals surface area contributed by atoms with E-state index in [4.69, 9.17) is 6.57 Å². The number of hydrogen-bond donors (Lipinski definition) is 0. The second-order valence-corrected chi connectivity index (χ2v) is 2.31. The van der Waals surface area contributed by atoms with Crippen molar-refractivity contribution in [1.29, 1.82) is 0 Å². The zero-order valence-corrected chi connectivity index (χ0v) is 6.96. The van der Waals surface area contributed by atoms with E-state index in [0.29, 0.717) is 6.42 Å². The fraction of sp³-hybridized carbons (Fsp3) is 0.750. The van der Waals surface area contributed by atoms with Crippen LogP contribution in [0.3, 0.4) is 0 Å². The normalized spacial score (nSPS) is 11.7. The van der Waals surface area contributed by atoms with Crippen LogP contribution in [0.2, 0.25) is 0 Å². The highest BCUT2D eigenvalue weighted by Crippen LogP contribution is 2.05. The molecular formula is C8H13NO2. The van der Waals surface area contributed by atoms with E-state index in [0.717, 1.165) is 12.8 Å². The van der Waals surface area contributed by atoms with Crippen LogP contribution in [-0.4, -0.2) is 19.1 Å². The lowest BCUT2D eigenvalue weighted by atomic mass is 10.1. The Balaban J connectivity index is 3.78. The predicted octanol–water partition coefficient (Wildman–Crippen LogP) is 1.64. The van der Waals surface area contributed by atoms with Crippen molar-refractivity contribution in [2.24, 2.45) is 0 Å². The maximum Gasteiger partial charge on any atom is 0.389 e. The molecule has 62 valence electrons. The first-order valence-electron chi connectivity index (χ1n) is 3.70. The highest BCUT2D eigenvalue weighted by molar-refractivity contribution is 5.77. The Hall–Kier alpha value is -1.04. The van der Waals surface area contributed by atoms with Gasteiger partial charge >= 0.3 is 12.0 Å². The summed E-state index contributed by atoms with van der Waals surface area (Å²) in [5.41, 5.74) is 0. The van der Waals surface area contributed by atoms with Crippen molar-refractivity contribution < 1.29 is 9.53 Å². The molecule has 0 aliphatic rings. The minimum atomic E-state index is -0.583. The number of hydrogen-bond acceptors (Lipinski definition) is 2. The number of rotatable bonds is 4. The number of carbonyl (C=O) groups is 1. The molecule has 0 saturated carbocycles. The summed E-state index contributed by atoms with van der Waals surface area (Å²) >= 11 is 0. The monoisotopic (exact) mass is 155 g/mol. The first-order chi connectivity index (χ1) is 5.26. The highest BCUT2D eigenvalue weighted by Gasteiger charge is 2.22. The molecule has 3 nitrogen and oxygen atoms in total. The van der Waals surface area contributed by atoms with Gasteiger partial charge in [0.15, 0.2) is 0 Å². The number of carbonyl (C=O) groups excluding carboxylic acids is 1. The van der Waals surface area contributed by atoms with Crippen LogP contribution < -0.4 is 0 Å². The van der Waals surface area contributed by atoms with Crippen LogP contribution >= 0.6 is 0 Å². The maximum atomic E-state index is 10.8. The summed E-state index contributed by atoms with van der Waals surface area (Å²) in [6, 6.07) is -0.583. The van der Waals surface area contributed by atoms with Crippen molar-refractivity contribution in [3.63, 3.8) is 0 Å². The molecule has 0 saturated heterocycles. The molecule has 0 amide bonds. The largest absolute Gasteiger partial charge is 0.463 e. The van der Waals surface area contributed by atoms with Crippen LogP contribution in [-0.2, 0) is 9.53 Å². The third-order valence-electron chi connectivity index (χ3n) is 1.46. The number of ether oxygens (including phenoxy) is 1. The SMILES string of the molecule is [C-]#[N+][C@@H](CCCC)C(=O)OC. The molecule has 0 aromatic rings. The molecular weight excluding hydrogens is 142 g/mol. The molecule has 0 aliphatic heterocycles. The van der Waals surface area contributed by atoms with Crippen LogP contribution in [0, 0.1) is 6.57 Å². The summed E-state index contributed by atoms with van der Waals surface area (Å²) in [7, 11) is 1.31. The predicted molar refractivity (Wildman–Crippen MR) is 41.9 cm³/mol. The topological polar surface area (TPSA) is 30.7 Å². The van der Waals surface area contributed by atoms with E-state index in [1.165, 1.54) is 7.11 Å². The lowest BCUT2D eigenvalue weighted by Crippen LogP contribution is -2.18. The fourth-order valence-corrected chi connectivity index (χ4v) is 0.769. The van der Waals surface area contributed by atoms with E-state index in [2.05, 4.69) is 9.58 Å². The smallest absolute Gasteiger partial charge is 0.389 e. The molecule has 0 rings (SSSR count). The average Bonchev–Trinajstić information content (AvgIpc) is 2.05. The molecule has 0 heterocycles. The summed E-state index contributed by atoms with van der Waals surface area (Å²) in [5, 5.41) is 0. The average molecular weight is 155 g/mol. The van der Waals surface area contributed by atoms with Gasteiger partial charge in [-0.25, -0.2) is 11.4 Å². The summed E-state index contributed by atoms with van der Waals surface area (Å²) in [6.07, 6.45) is 2.53. The van der Waals surface area contributed by atoms with Crippen molar-refractivity contribution in [3.05, 3.63) is 11.4 Å². The number of unbranched alkanes of at least 4 members (excludes halogenated alkanes) is 1. The lowest BCUT2D eigenvalue weighted by Gasteiger charge is -2.00. The van der Waals surface area contributed by atoms with Gasteiger partial charge in [0.25, 0.3) is 0 Å². The van der Waals surface area contributed by atoms with Gasteiger partial charge in [-0.15, -0.1) is 0 Å². The van der Waals surface area contributed by atoms with E-state index in [1.807, 2.05) is 6.92 Å². The molecule has 0 aliphatic carbocycles.